The van der Waals surface area contributed by atoms with Crippen LogP contribution < -0.4 is 0 Å². The lowest BCUT2D eigenvalue weighted by molar-refractivity contribution is 0.671. The Morgan fingerprint density at radius 2 is 2.17 bits per heavy atom. The van der Waals surface area contributed by atoms with Crippen LogP contribution in [0.15, 0.2) is 5.16 Å². The molecule has 1 saturated carbocycles. The minimum atomic E-state index is 0.651. The third-order valence-corrected chi connectivity index (χ3v) is 2.95. The zero-order chi connectivity index (χ0) is 8.39. The molecule has 0 amide bonds. The minimum Gasteiger partial charge on any atom is -0.262 e. The van der Waals surface area contributed by atoms with Gasteiger partial charge >= 0.3 is 0 Å². The van der Waals surface area contributed by atoms with Gasteiger partial charge in [0.1, 0.15) is 5.82 Å². The first kappa shape index (κ1) is 8.10. The standard InChI is InChI=1S/C8H13N3S/c1-12-8-9-7(10-11-8)6-4-2-3-5-6/h6H,2-5H2,1H3,(H,9,10,11). The summed E-state index contributed by atoms with van der Waals surface area (Å²) in [5.41, 5.74) is 0. The minimum absolute atomic E-state index is 0.651. The van der Waals surface area contributed by atoms with E-state index < -0.39 is 0 Å². The van der Waals surface area contributed by atoms with Crippen molar-refractivity contribution in [1.29, 1.82) is 0 Å². The molecule has 66 valence electrons. The number of hydrogen-bond donors (Lipinski definition) is 1. The van der Waals surface area contributed by atoms with Crippen molar-refractivity contribution in [2.45, 2.75) is 36.8 Å². The number of nitrogens with one attached hydrogen (secondary N) is 1. The highest BCUT2D eigenvalue weighted by atomic mass is 32.2. The van der Waals surface area contributed by atoms with Crippen LogP contribution in [0.1, 0.15) is 37.4 Å². The molecule has 1 aliphatic rings. The van der Waals surface area contributed by atoms with E-state index in [-0.39, 0.29) is 0 Å². The Balaban J connectivity index is 2.11. The van der Waals surface area contributed by atoms with Gasteiger partial charge in [0.15, 0.2) is 0 Å². The Labute approximate surface area is 76.4 Å². The Kier molecular flexibility index (Phi) is 2.35. The van der Waals surface area contributed by atoms with E-state index in [2.05, 4.69) is 15.2 Å². The summed E-state index contributed by atoms with van der Waals surface area (Å²) >= 11 is 1.59. The predicted octanol–water partition coefficient (Wildman–Crippen LogP) is 2.18. The van der Waals surface area contributed by atoms with Crippen LogP contribution >= 0.6 is 11.8 Å². The first-order valence-corrected chi connectivity index (χ1v) is 5.59. The first-order chi connectivity index (χ1) is 5.90. The number of rotatable bonds is 2. The van der Waals surface area contributed by atoms with E-state index in [1.807, 2.05) is 6.26 Å². The second-order valence-electron chi connectivity index (χ2n) is 3.19. The molecule has 0 bridgehead atoms. The van der Waals surface area contributed by atoms with Gasteiger partial charge < -0.3 is 0 Å². The number of thioether (sulfide) groups is 1. The zero-order valence-corrected chi connectivity index (χ0v) is 8.02. The van der Waals surface area contributed by atoms with E-state index in [1.165, 1.54) is 25.7 Å². The Morgan fingerprint density at radius 3 is 2.75 bits per heavy atom. The van der Waals surface area contributed by atoms with Crippen LogP contribution in [0.4, 0.5) is 0 Å². The summed E-state index contributed by atoms with van der Waals surface area (Å²) in [5, 5.41) is 7.99. The normalized spacial score (nSPS) is 18.8. The number of H-pyrrole nitrogens is 1. The van der Waals surface area contributed by atoms with Gasteiger partial charge in [-0.3, -0.25) is 5.10 Å². The maximum atomic E-state index is 4.41. The van der Waals surface area contributed by atoms with Gasteiger partial charge in [-0.25, -0.2) is 4.98 Å². The summed E-state index contributed by atoms with van der Waals surface area (Å²) in [5.74, 6) is 1.75. The highest BCUT2D eigenvalue weighted by Gasteiger charge is 2.20. The lowest BCUT2D eigenvalue weighted by Gasteiger charge is -2.01. The van der Waals surface area contributed by atoms with Crippen molar-refractivity contribution in [3.05, 3.63) is 5.82 Å². The second-order valence-corrected chi connectivity index (χ2v) is 3.96. The van der Waals surface area contributed by atoms with E-state index in [1.54, 1.807) is 11.8 Å². The molecule has 0 aliphatic heterocycles. The molecule has 1 aromatic heterocycles. The average Bonchev–Trinajstić information content (AvgIpc) is 2.75. The summed E-state index contributed by atoms with van der Waals surface area (Å²) in [6, 6.07) is 0. The van der Waals surface area contributed by atoms with Crippen LogP contribution in [0.25, 0.3) is 0 Å². The predicted molar refractivity (Wildman–Crippen MR) is 49.4 cm³/mol. The molecule has 0 atom stereocenters. The molecule has 4 heteroatoms. The summed E-state index contributed by atoms with van der Waals surface area (Å²) in [4.78, 5) is 4.41. The van der Waals surface area contributed by atoms with Crippen LogP contribution in [0.3, 0.4) is 0 Å². The molecule has 2 rings (SSSR count). The topological polar surface area (TPSA) is 41.6 Å². The van der Waals surface area contributed by atoms with Gasteiger partial charge in [-0.2, -0.15) is 0 Å². The molecule has 1 aromatic rings. The van der Waals surface area contributed by atoms with E-state index in [4.69, 9.17) is 0 Å². The molecule has 3 nitrogen and oxygen atoms in total. The van der Waals surface area contributed by atoms with Crippen molar-refractivity contribution in [2.75, 3.05) is 6.26 Å². The van der Waals surface area contributed by atoms with E-state index in [0.29, 0.717) is 5.92 Å². The van der Waals surface area contributed by atoms with Crippen molar-refractivity contribution in [2.24, 2.45) is 0 Å². The van der Waals surface area contributed by atoms with E-state index in [0.717, 1.165) is 11.0 Å². The van der Waals surface area contributed by atoms with Gasteiger partial charge in [0.05, 0.1) is 0 Å². The van der Waals surface area contributed by atoms with Crippen LogP contribution in [0.2, 0.25) is 0 Å². The van der Waals surface area contributed by atoms with Gasteiger partial charge in [0.25, 0.3) is 0 Å². The summed E-state index contributed by atoms with van der Waals surface area (Å²) in [7, 11) is 0. The molecule has 1 heterocycles. The second kappa shape index (κ2) is 3.47. The lowest BCUT2D eigenvalue weighted by Crippen LogP contribution is -1.94. The molecule has 0 aromatic carbocycles. The molecule has 1 aliphatic carbocycles. The summed E-state index contributed by atoms with van der Waals surface area (Å²) < 4.78 is 0. The highest BCUT2D eigenvalue weighted by molar-refractivity contribution is 7.98. The van der Waals surface area contributed by atoms with E-state index in [9.17, 15) is 0 Å². The van der Waals surface area contributed by atoms with Crippen LogP contribution in [-0.2, 0) is 0 Å². The quantitative estimate of drug-likeness (QED) is 0.714. The van der Waals surface area contributed by atoms with Crippen molar-refractivity contribution in [3.63, 3.8) is 0 Å². The summed E-state index contributed by atoms with van der Waals surface area (Å²) in [6.07, 6.45) is 7.26. The fraction of sp³-hybridized carbons (Fsp3) is 0.750. The molecule has 0 saturated heterocycles. The number of nitrogens with zero attached hydrogens (tertiary/aromatic N) is 2. The first-order valence-electron chi connectivity index (χ1n) is 4.36. The smallest absolute Gasteiger partial charge is 0.208 e. The number of hydrogen-bond acceptors (Lipinski definition) is 3. The van der Waals surface area contributed by atoms with Gasteiger partial charge in [-0.15, -0.1) is 5.10 Å². The van der Waals surface area contributed by atoms with Gasteiger partial charge in [-0.05, 0) is 19.1 Å². The Morgan fingerprint density at radius 1 is 1.42 bits per heavy atom. The zero-order valence-electron chi connectivity index (χ0n) is 7.21. The van der Waals surface area contributed by atoms with Gasteiger partial charge in [0.2, 0.25) is 5.16 Å². The van der Waals surface area contributed by atoms with Gasteiger partial charge in [0, 0.05) is 5.92 Å². The van der Waals surface area contributed by atoms with Crippen molar-refractivity contribution < 1.29 is 0 Å². The Bertz CT molecular complexity index is 253. The van der Waals surface area contributed by atoms with Gasteiger partial charge in [-0.1, -0.05) is 24.6 Å². The SMILES string of the molecule is CSc1n[nH]c(C2CCCC2)n1. The highest BCUT2D eigenvalue weighted by Crippen LogP contribution is 2.32. The monoisotopic (exact) mass is 183 g/mol. The molecule has 12 heavy (non-hydrogen) atoms. The maximum Gasteiger partial charge on any atom is 0.208 e. The third kappa shape index (κ3) is 1.48. The molecular weight excluding hydrogens is 170 g/mol. The van der Waals surface area contributed by atoms with Crippen molar-refractivity contribution in [3.8, 4) is 0 Å². The molecule has 0 spiro atoms. The molecule has 0 unspecified atom stereocenters. The number of aromatic amines is 1. The lowest BCUT2D eigenvalue weighted by atomic mass is 10.1. The number of aromatic nitrogens is 3. The average molecular weight is 183 g/mol. The van der Waals surface area contributed by atoms with Crippen LogP contribution in [-0.4, -0.2) is 21.4 Å². The maximum absolute atomic E-state index is 4.41. The fourth-order valence-electron chi connectivity index (χ4n) is 1.73. The third-order valence-electron chi connectivity index (χ3n) is 2.41. The summed E-state index contributed by atoms with van der Waals surface area (Å²) in [6.45, 7) is 0. The molecular formula is C8H13N3S. The fourth-order valence-corrected chi connectivity index (χ4v) is 2.06. The molecule has 1 fully saturated rings. The van der Waals surface area contributed by atoms with Crippen LogP contribution in [0.5, 0.6) is 0 Å². The van der Waals surface area contributed by atoms with E-state index >= 15 is 0 Å². The van der Waals surface area contributed by atoms with Crippen LogP contribution in [0, 0.1) is 0 Å². The largest absolute Gasteiger partial charge is 0.262 e. The molecule has 1 N–H and O–H groups in total. The Hall–Kier alpha value is -0.510. The van der Waals surface area contributed by atoms with Crippen molar-refractivity contribution >= 4 is 11.8 Å². The van der Waals surface area contributed by atoms with Crippen molar-refractivity contribution in [1.82, 2.24) is 15.2 Å². The molecule has 0 radical (unpaired) electrons.